The molecule has 0 heterocycles. The van der Waals surface area contributed by atoms with E-state index in [1.54, 1.807) is 0 Å². The molecular formula is C33H48N4W-3. The Labute approximate surface area is 244 Å². The Morgan fingerprint density at radius 2 is 0.553 bits per heavy atom. The van der Waals surface area contributed by atoms with Gasteiger partial charge in [0.05, 0.1) is 0 Å². The molecule has 5 heteroatoms. The molecule has 3 aromatic carbocycles. The van der Waals surface area contributed by atoms with Crippen molar-refractivity contribution in [3.05, 3.63) is 104 Å². The van der Waals surface area contributed by atoms with Crippen molar-refractivity contribution >= 4 is 17.1 Å². The molecule has 38 heavy (non-hydrogen) atoms. The van der Waals surface area contributed by atoms with E-state index in [0.29, 0.717) is 37.6 Å². The third-order valence-corrected chi connectivity index (χ3v) is 4.84. The Hall–Kier alpha value is -2.54. The third-order valence-electron chi connectivity index (χ3n) is 4.84. The Morgan fingerprint density at radius 1 is 0.395 bits per heavy atom. The van der Waals surface area contributed by atoms with E-state index < -0.39 is 0 Å². The van der Waals surface area contributed by atoms with E-state index in [2.05, 4.69) is 154 Å². The molecule has 0 saturated heterocycles. The van der Waals surface area contributed by atoms with Crippen LogP contribution in [0.5, 0.6) is 0 Å². The fourth-order valence-electron chi connectivity index (χ4n) is 3.97. The molecule has 3 aromatic rings. The minimum atomic E-state index is 0.381. The van der Waals surface area contributed by atoms with Gasteiger partial charge in [-0.15, -0.1) is 35.2 Å². The summed E-state index contributed by atoms with van der Waals surface area (Å²) < 4.78 is 7.08. The molecule has 0 saturated carbocycles. The predicted octanol–water partition coefficient (Wildman–Crippen LogP) is 11.2. The zero-order chi connectivity index (χ0) is 29.4. The van der Waals surface area contributed by atoms with Gasteiger partial charge in [0.15, 0.2) is 0 Å². The molecule has 0 bridgehead atoms. The van der Waals surface area contributed by atoms with Gasteiger partial charge in [0, 0.05) is 0 Å². The molecule has 0 fully saturated rings. The summed E-state index contributed by atoms with van der Waals surface area (Å²) in [5.74, 6) is 0. The molecule has 0 amide bonds. The normalized spacial score (nSPS) is 9.92. The molecule has 0 aliphatic rings. The Morgan fingerprint density at radius 3 is 0.684 bits per heavy atom. The second-order valence-corrected chi connectivity index (χ2v) is 10.7. The van der Waals surface area contributed by atoms with Crippen LogP contribution in [0.3, 0.4) is 0 Å². The summed E-state index contributed by atoms with van der Waals surface area (Å²) >= 11 is 0.583. The van der Waals surface area contributed by atoms with Gasteiger partial charge in [0.2, 0.25) is 0 Å². The quantitative estimate of drug-likeness (QED) is 0.255. The first kappa shape index (κ1) is 35.5. The van der Waals surface area contributed by atoms with E-state index in [1.165, 1.54) is 33.4 Å². The van der Waals surface area contributed by atoms with Gasteiger partial charge in [-0.1, -0.05) is 130 Å². The van der Waals surface area contributed by atoms with Crippen LogP contribution in [0, 0.1) is 45.3 Å². The van der Waals surface area contributed by atoms with Crippen LogP contribution in [-0.4, -0.2) is 18.1 Å². The summed E-state index contributed by atoms with van der Waals surface area (Å²) in [7, 11) is 0. The first-order valence-corrected chi connectivity index (χ1v) is 14.6. The number of rotatable bonds is 6. The molecule has 4 nitrogen and oxygen atoms in total. The average Bonchev–Trinajstić information content (AvgIpc) is 2.72. The van der Waals surface area contributed by atoms with Crippen LogP contribution in [0.1, 0.15) is 74.9 Å². The van der Waals surface area contributed by atoms with Gasteiger partial charge in [-0.3, -0.25) is 0 Å². The van der Waals surface area contributed by atoms with E-state index in [1.807, 2.05) is 0 Å². The van der Waals surface area contributed by atoms with Crippen molar-refractivity contribution < 1.29 is 19.4 Å². The van der Waals surface area contributed by atoms with E-state index in [4.69, 9.17) is 3.73 Å². The van der Waals surface area contributed by atoms with Gasteiger partial charge in [0.25, 0.3) is 0 Å². The third kappa shape index (κ3) is 17.1. The van der Waals surface area contributed by atoms with Gasteiger partial charge < -0.3 is 16.0 Å². The van der Waals surface area contributed by atoms with Crippen LogP contribution < -0.4 is 0 Å². The van der Waals surface area contributed by atoms with Crippen LogP contribution in [0.15, 0.2) is 54.6 Å². The molecule has 0 radical (unpaired) electrons. The first-order valence-electron chi connectivity index (χ1n) is 13.3. The molecule has 0 unspecified atom stereocenters. The molecule has 0 N–H and O–H groups in total. The Bertz CT molecular complexity index is 920. The van der Waals surface area contributed by atoms with Crippen LogP contribution in [0.2, 0.25) is 0 Å². The average molecular weight is 685 g/mol. The predicted molar refractivity (Wildman–Crippen MR) is 164 cm³/mol. The van der Waals surface area contributed by atoms with Crippen molar-refractivity contribution in [2.45, 2.75) is 101 Å². The summed E-state index contributed by atoms with van der Waals surface area (Å²) in [6.45, 7) is 25.2. The van der Waals surface area contributed by atoms with Crippen molar-refractivity contribution in [1.29, 1.82) is 3.73 Å². The van der Waals surface area contributed by atoms with Crippen molar-refractivity contribution in [3.63, 3.8) is 0 Å². The monoisotopic (exact) mass is 684 g/mol. The van der Waals surface area contributed by atoms with Crippen molar-refractivity contribution in [3.8, 4) is 0 Å². The molecular weight excluding hydrogens is 636 g/mol. The zero-order valence-corrected chi connectivity index (χ0v) is 28.6. The molecule has 0 spiro atoms. The summed E-state index contributed by atoms with van der Waals surface area (Å²) in [6.07, 6.45) is 0. The maximum absolute atomic E-state index is 7.08. The molecule has 0 atom stereocenters. The number of aryl methyl sites for hydroxylation is 6. The molecule has 0 aliphatic heterocycles. The molecule has 0 aliphatic carbocycles. The van der Waals surface area contributed by atoms with Crippen LogP contribution in [0.4, 0.5) is 17.1 Å². The van der Waals surface area contributed by atoms with Crippen molar-refractivity contribution in [1.82, 2.24) is 0 Å². The summed E-state index contributed by atoms with van der Waals surface area (Å²) in [4.78, 5) is 0. The number of benzene rings is 3. The summed E-state index contributed by atoms with van der Waals surface area (Å²) in [5, 5.41) is 13.4. The number of nitrogens with zero attached hydrogens (tertiary/aromatic N) is 4. The summed E-state index contributed by atoms with van der Waals surface area (Å²) in [5.41, 5.74) is 11.0. The number of hydrogen-bond acceptors (Lipinski definition) is 1. The van der Waals surface area contributed by atoms with E-state index >= 15 is 0 Å². The van der Waals surface area contributed by atoms with Crippen LogP contribution in [0.25, 0.3) is 16.0 Å². The summed E-state index contributed by atoms with van der Waals surface area (Å²) in [6, 6.07) is 20.3. The van der Waals surface area contributed by atoms with E-state index in [9.17, 15) is 0 Å². The Balaban J connectivity index is 0.000000523. The van der Waals surface area contributed by atoms with Crippen LogP contribution >= 0.6 is 0 Å². The molecule has 3 rings (SSSR count). The van der Waals surface area contributed by atoms with Crippen molar-refractivity contribution in [2.75, 3.05) is 0 Å². The van der Waals surface area contributed by atoms with E-state index in [0.717, 1.165) is 17.1 Å². The fraction of sp³-hybridized carbons (Fsp3) is 0.455. The Kier molecular flexibility index (Phi) is 17.4. The standard InChI is InChI=1S/3C11H16N.N.W/c3*1-8(2)12-11-6-9(3)5-10(4)7-11;;/h3*5-8H,1-4H3;;/q3*-1;;. The number of hydrogen-bond donors (Lipinski definition) is 0. The van der Waals surface area contributed by atoms with Crippen LogP contribution in [-0.2, 0) is 19.4 Å². The molecule has 0 aromatic heterocycles. The van der Waals surface area contributed by atoms with Crippen molar-refractivity contribution in [2.24, 2.45) is 0 Å². The topological polar surface area (TPSA) is 66.1 Å². The second-order valence-electron chi connectivity index (χ2n) is 10.7. The van der Waals surface area contributed by atoms with Gasteiger partial charge in [-0.25, -0.2) is 0 Å². The maximum atomic E-state index is 7.08. The van der Waals surface area contributed by atoms with E-state index in [-0.39, 0.29) is 0 Å². The first-order chi connectivity index (χ1) is 17.7. The van der Waals surface area contributed by atoms with Gasteiger partial charge in [0.1, 0.15) is 0 Å². The molecule has 209 valence electrons. The zero-order valence-electron chi connectivity index (χ0n) is 25.6. The van der Waals surface area contributed by atoms with Gasteiger partial charge in [-0.2, -0.15) is 0 Å². The minimum absolute atomic E-state index is 0.381. The second kappa shape index (κ2) is 18.7. The van der Waals surface area contributed by atoms with Gasteiger partial charge >= 0.3 is 23.2 Å². The SMILES string of the molecule is Cc1cc(C)cc([N-]C(C)C)c1.Cc1cc(C)cc([N-]C(C)C)c1.Cc1cc(C)cc([N-]C(C)C)c1.[N]#[W]. The van der Waals surface area contributed by atoms with Gasteiger partial charge in [-0.05, 0) is 41.5 Å². The fourth-order valence-corrected chi connectivity index (χ4v) is 3.97.